The Balaban J connectivity index is 1.80. The first-order valence-corrected chi connectivity index (χ1v) is 10.1. The van der Waals surface area contributed by atoms with Gasteiger partial charge in [0.2, 0.25) is 0 Å². The number of aryl methyl sites for hydroxylation is 2. The molecule has 0 aliphatic heterocycles. The van der Waals surface area contributed by atoms with E-state index in [1.165, 1.54) is 44.3 Å². The van der Waals surface area contributed by atoms with Gasteiger partial charge in [-0.3, -0.25) is 0 Å². The third kappa shape index (κ3) is 2.12. The van der Waals surface area contributed by atoms with Crippen LogP contribution in [-0.2, 0) is 12.8 Å². The van der Waals surface area contributed by atoms with Crippen molar-refractivity contribution in [2.24, 2.45) is 0 Å². The van der Waals surface area contributed by atoms with Crippen molar-refractivity contribution in [1.29, 1.82) is 0 Å². The van der Waals surface area contributed by atoms with Crippen molar-refractivity contribution in [2.75, 3.05) is 0 Å². The van der Waals surface area contributed by atoms with Crippen LogP contribution >= 0.6 is 54.5 Å². The molecule has 0 amide bonds. The second kappa shape index (κ2) is 5.24. The van der Waals surface area contributed by atoms with Crippen molar-refractivity contribution in [3.8, 4) is 0 Å². The average molecular weight is 428 g/mol. The molecule has 4 heteroatoms. The highest BCUT2D eigenvalue weighted by molar-refractivity contribution is 9.10. The Morgan fingerprint density at radius 3 is 2.95 bits per heavy atom. The Kier molecular flexibility index (Phi) is 3.53. The van der Waals surface area contributed by atoms with Crippen LogP contribution < -0.4 is 0 Å². The highest BCUT2D eigenvalue weighted by Crippen LogP contribution is 2.44. The topological polar surface area (TPSA) is 0 Å². The molecular weight excluding hydrogens is 416 g/mol. The third-order valence-corrected chi connectivity index (χ3v) is 8.43. The van der Waals surface area contributed by atoms with E-state index in [1.807, 2.05) is 22.7 Å². The van der Waals surface area contributed by atoms with Gasteiger partial charge in [0, 0.05) is 18.9 Å². The highest BCUT2D eigenvalue weighted by atomic mass is 79.9. The van der Waals surface area contributed by atoms with Crippen molar-refractivity contribution in [3.63, 3.8) is 0 Å². The van der Waals surface area contributed by atoms with Crippen LogP contribution in [0.1, 0.15) is 32.1 Å². The quantitative estimate of drug-likeness (QED) is 0.399. The molecule has 0 nitrogen and oxygen atoms in total. The molecule has 1 unspecified atom stereocenters. The van der Waals surface area contributed by atoms with E-state index in [4.69, 9.17) is 0 Å². The van der Waals surface area contributed by atoms with Gasteiger partial charge in [0.05, 0.1) is 4.83 Å². The minimum atomic E-state index is 0.321. The van der Waals surface area contributed by atoms with Gasteiger partial charge in [0.25, 0.3) is 0 Å². The Morgan fingerprint density at radius 1 is 1.20 bits per heavy atom. The number of benzene rings is 1. The van der Waals surface area contributed by atoms with E-state index in [-0.39, 0.29) is 0 Å². The van der Waals surface area contributed by atoms with Crippen LogP contribution in [0.4, 0.5) is 0 Å². The predicted octanol–water partition coefficient (Wildman–Crippen LogP) is 6.70. The van der Waals surface area contributed by atoms with E-state index in [0.29, 0.717) is 4.83 Å². The minimum absolute atomic E-state index is 0.321. The smallest absolute Gasteiger partial charge is 0.0752 e. The summed E-state index contributed by atoms with van der Waals surface area (Å²) in [5.74, 6) is 0. The first-order chi connectivity index (χ1) is 9.74. The zero-order chi connectivity index (χ0) is 13.7. The zero-order valence-corrected chi connectivity index (χ0v) is 15.5. The molecule has 0 saturated carbocycles. The van der Waals surface area contributed by atoms with E-state index in [9.17, 15) is 0 Å². The van der Waals surface area contributed by atoms with Gasteiger partial charge in [-0.2, -0.15) is 0 Å². The Hall–Kier alpha value is -0.160. The van der Waals surface area contributed by atoms with Crippen molar-refractivity contribution in [2.45, 2.75) is 24.1 Å². The largest absolute Gasteiger partial charge is 0.144 e. The standard InChI is InChI=1S/C16H12Br2S2/c17-12-5-2-4-10-11(8-19-16(10)12)15(18)14-7-9-3-1-6-13(9)20-14/h2,4-5,7-8,15H,1,3,6H2. The van der Waals surface area contributed by atoms with E-state index < -0.39 is 0 Å². The molecule has 1 atom stereocenters. The highest BCUT2D eigenvalue weighted by Gasteiger charge is 2.21. The van der Waals surface area contributed by atoms with Crippen molar-refractivity contribution in [3.05, 3.63) is 55.0 Å². The van der Waals surface area contributed by atoms with E-state index in [2.05, 4.69) is 61.5 Å². The second-order valence-electron chi connectivity index (χ2n) is 5.12. The SMILES string of the molecule is Brc1cccc2c(C(Br)c3cc4c(s3)CCC4)csc12. The Bertz CT molecular complexity index is 763. The van der Waals surface area contributed by atoms with Gasteiger partial charge in [-0.15, -0.1) is 22.7 Å². The molecule has 0 spiro atoms. The Labute approximate surface area is 143 Å². The van der Waals surface area contributed by atoms with Crippen LogP contribution in [0.25, 0.3) is 10.1 Å². The predicted molar refractivity (Wildman–Crippen MR) is 96.6 cm³/mol. The maximum absolute atomic E-state index is 3.92. The third-order valence-electron chi connectivity index (χ3n) is 3.87. The molecule has 0 N–H and O–H groups in total. The second-order valence-corrected chi connectivity index (χ2v) is 8.94. The number of halogens is 2. The van der Waals surface area contributed by atoms with Crippen molar-refractivity contribution < 1.29 is 0 Å². The summed E-state index contributed by atoms with van der Waals surface area (Å²) in [7, 11) is 0. The van der Waals surface area contributed by atoms with Crippen LogP contribution in [0.5, 0.6) is 0 Å². The first kappa shape index (κ1) is 13.5. The monoisotopic (exact) mass is 426 g/mol. The lowest BCUT2D eigenvalue weighted by atomic mass is 10.1. The summed E-state index contributed by atoms with van der Waals surface area (Å²) in [5, 5.41) is 3.65. The number of hydrogen-bond donors (Lipinski definition) is 0. The summed E-state index contributed by atoms with van der Waals surface area (Å²) in [6.45, 7) is 0. The summed E-state index contributed by atoms with van der Waals surface area (Å²) in [6, 6.07) is 8.87. The molecule has 1 aliphatic rings. The average Bonchev–Trinajstić information content (AvgIpc) is 3.11. The minimum Gasteiger partial charge on any atom is -0.144 e. The molecule has 4 rings (SSSR count). The molecular formula is C16H12Br2S2. The number of fused-ring (bicyclic) bond motifs is 2. The van der Waals surface area contributed by atoms with Gasteiger partial charge < -0.3 is 0 Å². The van der Waals surface area contributed by atoms with E-state index in [1.54, 1.807) is 10.4 Å². The van der Waals surface area contributed by atoms with Gasteiger partial charge in [0.1, 0.15) is 0 Å². The first-order valence-electron chi connectivity index (χ1n) is 6.65. The molecule has 2 heterocycles. The fourth-order valence-corrected chi connectivity index (χ4v) is 6.74. The van der Waals surface area contributed by atoms with Crippen LogP contribution in [0.2, 0.25) is 0 Å². The fraction of sp³-hybridized carbons (Fsp3) is 0.250. The molecule has 0 saturated heterocycles. The lowest BCUT2D eigenvalue weighted by Gasteiger charge is -2.07. The molecule has 20 heavy (non-hydrogen) atoms. The van der Waals surface area contributed by atoms with Gasteiger partial charge in [0.15, 0.2) is 0 Å². The van der Waals surface area contributed by atoms with Crippen LogP contribution in [0, 0.1) is 0 Å². The number of alkyl halides is 1. The molecule has 0 bridgehead atoms. The Morgan fingerprint density at radius 2 is 2.10 bits per heavy atom. The van der Waals surface area contributed by atoms with Crippen LogP contribution in [0.3, 0.4) is 0 Å². The molecule has 3 aromatic rings. The summed E-state index contributed by atoms with van der Waals surface area (Å²) in [5.41, 5.74) is 2.97. The normalized spacial score (nSPS) is 15.7. The molecule has 1 aromatic carbocycles. The maximum atomic E-state index is 3.92. The number of rotatable bonds is 2. The zero-order valence-electron chi connectivity index (χ0n) is 10.7. The van der Waals surface area contributed by atoms with E-state index >= 15 is 0 Å². The van der Waals surface area contributed by atoms with Gasteiger partial charge in [-0.25, -0.2) is 0 Å². The van der Waals surface area contributed by atoms with Crippen molar-refractivity contribution >= 4 is 64.6 Å². The summed E-state index contributed by atoms with van der Waals surface area (Å²) in [6.07, 6.45) is 3.87. The molecule has 0 fully saturated rings. The van der Waals surface area contributed by atoms with Crippen molar-refractivity contribution in [1.82, 2.24) is 0 Å². The van der Waals surface area contributed by atoms with Crippen LogP contribution in [-0.4, -0.2) is 0 Å². The molecule has 2 aromatic heterocycles. The fourth-order valence-electron chi connectivity index (χ4n) is 2.87. The summed E-state index contributed by atoms with van der Waals surface area (Å²) >= 11 is 11.4. The van der Waals surface area contributed by atoms with Gasteiger partial charge in [-0.05, 0) is 69.2 Å². The number of hydrogen-bond acceptors (Lipinski definition) is 2. The molecule has 0 radical (unpaired) electrons. The molecule has 1 aliphatic carbocycles. The number of thiophene rings is 2. The maximum Gasteiger partial charge on any atom is 0.0752 e. The van der Waals surface area contributed by atoms with Gasteiger partial charge >= 0.3 is 0 Å². The lowest BCUT2D eigenvalue weighted by Crippen LogP contribution is -1.88. The summed E-state index contributed by atoms with van der Waals surface area (Å²) in [4.78, 5) is 3.38. The lowest BCUT2D eigenvalue weighted by molar-refractivity contribution is 0.913. The molecule has 102 valence electrons. The van der Waals surface area contributed by atoms with Crippen LogP contribution in [0.15, 0.2) is 34.1 Å². The summed E-state index contributed by atoms with van der Waals surface area (Å²) < 4.78 is 2.54. The van der Waals surface area contributed by atoms with Gasteiger partial charge in [-0.1, -0.05) is 28.1 Å². The van der Waals surface area contributed by atoms with E-state index in [0.717, 1.165) is 0 Å².